The third-order valence-corrected chi connectivity index (χ3v) is 3.32. The highest BCUT2D eigenvalue weighted by molar-refractivity contribution is 5.74. The van der Waals surface area contributed by atoms with Crippen LogP contribution in [0.25, 0.3) is 11.0 Å². The predicted octanol–water partition coefficient (Wildman–Crippen LogP) is 1.36. The van der Waals surface area contributed by atoms with Crippen molar-refractivity contribution in [3.05, 3.63) is 30.1 Å². The molecule has 1 fully saturated rings. The van der Waals surface area contributed by atoms with E-state index < -0.39 is 0 Å². The van der Waals surface area contributed by atoms with Crippen LogP contribution in [-0.4, -0.2) is 41.0 Å². The van der Waals surface area contributed by atoms with Crippen LogP contribution in [-0.2, 0) is 6.54 Å². The lowest BCUT2D eigenvalue weighted by atomic mass is 10.2. The van der Waals surface area contributed by atoms with E-state index in [0.29, 0.717) is 0 Å². The second-order valence-corrected chi connectivity index (χ2v) is 4.63. The minimum Gasteiger partial charge on any atom is -0.345 e. The molecule has 90 valence electrons. The molecule has 1 aliphatic rings. The maximum atomic E-state index is 4.24. The zero-order valence-corrected chi connectivity index (χ0v) is 9.95. The molecule has 0 radical (unpaired) electrons. The molecule has 0 amide bonds. The number of imidazole rings is 1. The van der Waals surface area contributed by atoms with Crippen LogP contribution in [0, 0.1) is 0 Å². The van der Waals surface area contributed by atoms with E-state index >= 15 is 0 Å². The quantitative estimate of drug-likeness (QED) is 0.818. The summed E-state index contributed by atoms with van der Waals surface area (Å²) in [4.78, 5) is 9.92. The summed E-state index contributed by atoms with van der Waals surface area (Å²) in [5.41, 5.74) is 3.55. The summed E-state index contributed by atoms with van der Waals surface area (Å²) >= 11 is 0. The highest BCUT2D eigenvalue weighted by atomic mass is 15.1. The van der Waals surface area contributed by atoms with Crippen molar-refractivity contribution in [2.75, 3.05) is 26.2 Å². The smallest absolute Gasteiger partial charge is 0.0931 e. The fourth-order valence-corrected chi connectivity index (χ4v) is 2.40. The fraction of sp³-hybridized carbons (Fsp3) is 0.462. The number of benzene rings is 1. The SMILES string of the molecule is c1nc2ccc(CN3CCCNCC3)cc2[nH]1. The monoisotopic (exact) mass is 230 g/mol. The van der Waals surface area contributed by atoms with Crippen molar-refractivity contribution in [3.63, 3.8) is 0 Å². The molecule has 3 rings (SSSR count). The minimum absolute atomic E-state index is 1.04. The first-order valence-corrected chi connectivity index (χ1v) is 6.27. The number of fused-ring (bicyclic) bond motifs is 1. The van der Waals surface area contributed by atoms with Gasteiger partial charge in [0, 0.05) is 19.6 Å². The first kappa shape index (κ1) is 10.7. The van der Waals surface area contributed by atoms with E-state index in [1.54, 1.807) is 6.33 Å². The third-order valence-electron chi connectivity index (χ3n) is 3.32. The molecule has 1 aromatic carbocycles. The van der Waals surface area contributed by atoms with Crippen molar-refractivity contribution in [2.24, 2.45) is 0 Å². The minimum atomic E-state index is 1.04. The molecule has 4 nitrogen and oxygen atoms in total. The van der Waals surface area contributed by atoms with E-state index in [2.05, 4.69) is 38.4 Å². The molecule has 2 heterocycles. The lowest BCUT2D eigenvalue weighted by Gasteiger charge is -2.19. The average Bonchev–Trinajstić information content (AvgIpc) is 2.65. The molecule has 0 unspecified atom stereocenters. The second kappa shape index (κ2) is 4.85. The molecule has 4 heteroatoms. The molecule has 17 heavy (non-hydrogen) atoms. The second-order valence-electron chi connectivity index (χ2n) is 4.63. The summed E-state index contributed by atoms with van der Waals surface area (Å²) in [7, 11) is 0. The standard InChI is InChI=1S/C13H18N4/c1-4-14-5-7-17(6-1)9-11-2-3-12-13(8-11)16-10-15-12/h2-3,8,10,14H,1,4-7,9H2,(H,15,16). The number of aromatic amines is 1. The Morgan fingerprint density at radius 3 is 3.24 bits per heavy atom. The molecular weight excluding hydrogens is 212 g/mol. The summed E-state index contributed by atoms with van der Waals surface area (Å²) in [6.45, 7) is 5.62. The lowest BCUT2D eigenvalue weighted by Crippen LogP contribution is -2.27. The van der Waals surface area contributed by atoms with Gasteiger partial charge in [0.2, 0.25) is 0 Å². The zero-order chi connectivity index (χ0) is 11.5. The normalized spacial score (nSPS) is 18.4. The maximum absolute atomic E-state index is 4.24. The number of hydrogen-bond donors (Lipinski definition) is 2. The van der Waals surface area contributed by atoms with Gasteiger partial charge in [-0.1, -0.05) is 6.07 Å². The summed E-state index contributed by atoms with van der Waals surface area (Å²) in [6, 6.07) is 6.49. The van der Waals surface area contributed by atoms with Crippen molar-refractivity contribution in [3.8, 4) is 0 Å². The Morgan fingerprint density at radius 2 is 2.24 bits per heavy atom. The Kier molecular flexibility index (Phi) is 3.07. The van der Waals surface area contributed by atoms with Gasteiger partial charge in [-0.25, -0.2) is 4.98 Å². The van der Waals surface area contributed by atoms with Crippen LogP contribution in [0.1, 0.15) is 12.0 Å². The van der Waals surface area contributed by atoms with Gasteiger partial charge in [-0.15, -0.1) is 0 Å². The Hall–Kier alpha value is -1.39. The zero-order valence-electron chi connectivity index (χ0n) is 9.95. The van der Waals surface area contributed by atoms with Crippen LogP contribution in [0.5, 0.6) is 0 Å². The molecule has 1 aromatic heterocycles. The molecule has 0 aliphatic carbocycles. The summed E-state index contributed by atoms with van der Waals surface area (Å²) in [5.74, 6) is 0. The first-order chi connectivity index (χ1) is 8.42. The number of H-pyrrole nitrogens is 1. The van der Waals surface area contributed by atoms with Gasteiger partial charge in [-0.2, -0.15) is 0 Å². The van der Waals surface area contributed by atoms with Gasteiger partial charge in [-0.3, -0.25) is 4.90 Å². The number of nitrogens with zero attached hydrogens (tertiary/aromatic N) is 2. The number of rotatable bonds is 2. The van der Waals surface area contributed by atoms with Crippen LogP contribution in [0.3, 0.4) is 0 Å². The fourth-order valence-electron chi connectivity index (χ4n) is 2.40. The molecule has 0 atom stereocenters. The predicted molar refractivity (Wildman–Crippen MR) is 68.9 cm³/mol. The van der Waals surface area contributed by atoms with Gasteiger partial charge < -0.3 is 10.3 Å². The Balaban J connectivity index is 1.74. The van der Waals surface area contributed by atoms with E-state index in [1.165, 1.54) is 18.5 Å². The lowest BCUT2D eigenvalue weighted by molar-refractivity contribution is 0.284. The van der Waals surface area contributed by atoms with Crippen LogP contribution in [0.15, 0.2) is 24.5 Å². The van der Waals surface area contributed by atoms with E-state index in [9.17, 15) is 0 Å². The largest absolute Gasteiger partial charge is 0.345 e. The van der Waals surface area contributed by atoms with Crippen molar-refractivity contribution in [1.29, 1.82) is 0 Å². The van der Waals surface area contributed by atoms with Crippen LogP contribution in [0.4, 0.5) is 0 Å². The van der Waals surface area contributed by atoms with E-state index in [-0.39, 0.29) is 0 Å². The highest BCUT2D eigenvalue weighted by Crippen LogP contribution is 2.13. The Bertz CT molecular complexity index is 483. The van der Waals surface area contributed by atoms with E-state index in [1.807, 2.05) is 0 Å². The van der Waals surface area contributed by atoms with Crippen LogP contribution < -0.4 is 5.32 Å². The number of hydrogen-bond acceptors (Lipinski definition) is 3. The maximum Gasteiger partial charge on any atom is 0.0931 e. The van der Waals surface area contributed by atoms with Crippen LogP contribution >= 0.6 is 0 Å². The molecule has 0 bridgehead atoms. The van der Waals surface area contributed by atoms with Gasteiger partial charge in [0.25, 0.3) is 0 Å². The van der Waals surface area contributed by atoms with Crippen molar-refractivity contribution in [2.45, 2.75) is 13.0 Å². The van der Waals surface area contributed by atoms with Crippen molar-refractivity contribution in [1.82, 2.24) is 20.2 Å². The van der Waals surface area contributed by atoms with Gasteiger partial charge in [-0.05, 0) is 37.2 Å². The van der Waals surface area contributed by atoms with Crippen molar-refractivity contribution >= 4 is 11.0 Å². The van der Waals surface area contributed by atoms with Gasteiger partial charge in [0.15, 0.2) is 0 Å². The number of aromatic nitrogens is 2. The highest BCUT2D eigenvalue weighted by Gasteiger charge is 2.09. The topological polar surface area (TPSA) is 44.0 Å². The van der Waals surface area contributed by atoms with E-state index in [0.717, 1.165) is 37.2 Å². The summed E-state index contributed by atoms with van der Waals surface area (Å²) in [6.07, 6.45) is 3.00. The average molecular weight is 230 g/mol. The Labute approximate surface area is 101 Å². The molecule has 0 spiro atoms. The van der Waals surface area contributed by atoms with Crippen LogP contribution in [0.2, 0.25) is 0 Å². The van der Waals surface area contributed by atoms with Crippen molar-refractivity contribution < 1.29 is 0 Å². The number of nitrogens with one attached hydrogen (secondary N) is 2. The first-order valence-electron chi connectivity index (χ1n) is 6.27. The Morgan fingerprint density at radius 1 is 1.24 bits per heavy atom. The third kappa shape index (κ3) is 2.48. The van der Waals surface area contributed by atoms with Gasteiger partial charge in [0.1, 0.15) is 0 Å². The molecule has 2 N–H and O–H groups in total. The molecule has 2 aromatic rings. The summed E-state index contributed by atoms with van der Waals surface area (Å²) < 4.78 is 0. The molecule has 1 saturated heterocycles. The summed E-state index contributed by atoms with van der Waals surface area (Å²) in [5, 5.41) is 3.43. The molecule has 1 aliphatic heterocycles. The van der Waals surface area contributed by atoms with E-state index in [4.69, 9.17) is 0 Å². The molecular formula is C13H18N4. The van der Waals surface area contributed by atoms with Gasteiger partial charge >= 0.3 is 0 Å². The molecule has 0 saturated carbocycles. The van der Waals surface area contributed by atoms with Gasteiger partial charge in [0.05, 0.1) is 17.4 Å².